The minimum Gasteiger partial charge on any atom is -0.380 e. The van der Waals surface area contributed by atoms with Crippen molar-refractivity contribution < 1.29 is 14.3 Å². The fraction of sp³-hybridized carbons (Fsp3) is 0.400. The number of ether oxygens (including phenoxy) is 2. The first-order valence-corrected chi connectivity index (χ1v) is 12.9. The predicted octanol–water partition coefficient (Wildman–Crippen LogP) is 5.10. The van der Waals surface area contributed by atoms with Crippen molar-refractivity contribution in [3.05, 3.63) is 84.2 Å². The molecule has 36 heavy (non-hydrogen) atoms. The van der Waals surface area contributed by atoms with Crippen molar-refractivity contribution in [2.45, 2.75) is 50.4 Å². The topological polar surface area (TPSA) is 77.7 Å². The average molecular weight is 486 g/mol. The van der Waals surface area contributed by atoms with E-state index in [-0.39, 0.29) is 36.0 Å². The van der Waals surface area contributed by atoms with Crippen LogP contribution in [-0.2, 0) is 14.3 Å². The summed E-state index contributed by atoms with van der Waals surface area (Å²) in [7, 11) is 1.65. The Morgan fingerprint density at radius 1 is 1.11 bits per heavy atom. The van der Waals surface area contributed by atoms with E-state index in [9.17, 15) is 4.79 Å². The summed E-state index contributed by atoms with van der Waals surface area (Å²) in [6, 6.07) is 22.4. The molecule has 1 saturated carbocycles. The number of methoxy groups -OCH3 is 1. The molecule has 2 fully saturated rings. The highest BCUT2D eigenvalue weighted by Gasteiger charge is 2.47. The smallest absolute Gasteiger partial charge is 0.230 e. The average Bonchev–Trinajstić information content (AvgIpc) is 3.55. The van der Waals surface area contributed by atoms with Crippen molar-refractivity contribution in [2.75, 3.05) is 25.2 Å². The van der Waals surface area contributed by atoms with Crippen LogP contribution in [-0.4, -0.2) is 43.3 Å². The summed E-state index contributed by atoms with van der Waals surface area (Å²) < 4.78 is 11.2. The first kappa shape index (κ1) is 24.6. The number of anilines is 1. The minimum atomic E-state index is -0.295. The lowest BCUT2D eigenvalue weighted by Gasteiger charge is -2.29. The van der Waals surface area contributed by atoms with Crippen LogP contribution in [0.1, 0.15) is 49.5 Å². The maximum Gasteiger partial charge on any atom is 0.230 e. The molecular formula is C30H35N3O3. The van der Waals surface area contributed by atoms with E-state index in [1.165, 1.54) is 5.56 Å². The highest BCUT2D eigenvalue weighted by atomic mass is 16.5. The molecule has 2 heterocycles. The summed E-state index contributed by atoms with van der Waals surface area (Å²) in [5, 5.41) is 0. The van der Waals surface area contributed by atoms with Gasteiger partial charge < -0.3 is 20.1 Å². The molecule has 2 aromatic carbocycles. The number of hydrogen-bond acceptors (Lipinski definition) is 5. The predicted molar refractivity (Wildman–Crippen MR) is 142 cm³/mol. The molecule has 1 amide bonds. The molecule has 2 N–H and O–H groups in total. The Bertz CT molecular complexity index is 1140. The van der Waals surface area contributed by atoms with Gasteiger partial charge in [-0.1, -0.05) is 42.5 Å². The van der Waals surface area contributed by atoms with E-state index in [1.54, 1.807) is 13.3 Å². The number of carbonyl (C=O) groups is 1. The number of aromatic nitrogens is 1. The summed E-state index contributed by atoms with van der Waals surface area (Å²) in [6.45, 7) is 3.18. The highest BCUT2D eigenvalue weighted by molar-refractivity contribution is 5.97. The van der Waals surface area contributed by atoms with Gasteiger partial charge in [0.1, 0.15) is 0 Å². The third kappa shape index (κ3) is 5.36. The van der Waals surface area contributed by atoms with Crippen molar-refractivity contribution in [3.8, 4) is 11.1 Å². The van der Waals surface area contributed by atoms with Gasteiger partial charge in [0.05, 0.1) is 12.2 Å². The fourth-order valence-corrected chi connectivity index (χ4v) is 5.01. The van der Waals surface area contributed by atoms with Gasteiger partial charge in [0.2, 0.25) is 5.91 Å². The zero-order chi connectivity index (χ0) is 25.1. The summed E-state index contributed by atoms with van der Waals surface area (Å²) in [6.07, 6.45) is 4.87. The zero-order valence-electron chi connectivity index (χ0n) is 21.0. The van der Waals surface area contributed by atoms with E-state index in [0.29, 0.717) is 6.54 Å². The van der Waals surface area contributed by atoms with Crippen LogP contribution in [0.2, 0.25) is 0 Å². The number of amides is 1. The van der Waals surface area contributed by atoms with Gasteiger partial charge in [0, 0.05) is 55.7 Å². The molecule has 2 aliphatic rings. The Balaban J connectivity index is 1.34. The minimum absolute atomic E-state index is 0.0741. The largest absolute Gasteiger partial charge is 0.380 e. The molecule has 6 nitrogen and oxygen atoms in total. The van der Waals surface area contributed by atoms with Gasteiger partial charge in [-0.3, -0.25) is 9.78 Å². The van der Waals surface area contributed by atoms with Crippen LogP contribution in [0, 0.1) is 5.92 Å². The Hall–Kier alpha value is -3.06. The van der Waals surface area contributed by atoms with Crippen LogP contribution in [0.15, 0.2) is 72.9 Å². The van der Waals surface area contributed by atoms with Crippen LogP contribution >= 0.6 is 0 Å². The lowest BCUT2D eigenvalue weighted by Crippen LogP contribution is -2.47. The normalized spacial score (nSPS) is 22.7. The standard InChI is InChI=1S/C30H35N3O3/c1-20(35-2)27(31)19-33(30(34)26-18-25(26)28-6-3-4-16-32-28)24-14-12-22(13-15-24)21-8-10-23(11-9-21)29-7-5-17-36-29/h3-4,6,8-16,20,25-27,29H,5,7,17-19,31H2,1-2H3/t20-,25-,26-,27-,29+/m1/s1. The fourth-order valence-electron chi connectivity index (χ4n) is 5.01. The van der Waals surface area contributed by atoms with E-state index in [4.69, 9.17) is 15.2 Å². The summed E-state index contributed by atoms with van der Waals surface area (Å²) >= 11 is 0. The monoisotopic (exact) mass is 485 g/mol. The quantitative estimate of drug-likeness (QED) is 0.456. The Morgan fingerprint density at radius 3 is 2.44 bits per heavy atom. The van der Waals surface area contributed by atoms with Gasteiger partial charge in [-0.05, 0) is 67.1 Å². The lowest BCUT2D eigenvalue weighted by atomic mass is 10.0. The summed E-state index contributed by atoms with van der Waals surface area (Å²) in [5.41, 5.74) is 11.7. The SMILES string of the molecule is CO[C@H](C)[C@H](N)CN(C(=O)[C@@H]1C[C@H]1c1ccccn1)c1ccc(-c2ccc([C@@H]3CCCO3)cc2)cc1. The number of benzene rings is 2. The van der Waals surface area contributed by atoms with Crippen LogP contribution in [0.4, 0.5) is 5.69 Å². The van der Waals surface area contributed by atoms with E-state index < -0.39 is 0 Å². The number of nitrogens with two attached hydrogens (primary N) is 1. The number of carbonyl (C=O) groups excluding carboxylic acids is 1. The molecule has 5 rings (SSSR count). The van der Waals surface area contributed by atoms with Gasteiger partial charge in [-0.25, -0.2) is 0 Å². The van der Waals surface area contributed by atoms with Gasteiger partial charge >= 0.3 is 0 Å². The molecule has 0 spiro atoms. The summed E-state index contributed by atoms with van der Waals surface area (Å²) in [5.74, 6) is 0.187. The lowest BCUT2D eigenvalue weighted by molar-refractivity contribution is -0.120. The second-order valence-electron chi connectivity index (χ2n) is 9.93. The van der Waals surface area contributed by atoms with E-state index in [0.717, 1.165) is 48.4 Å². The first-order chi connectivity index (χ1) is 17.5. The maximum absolute atomic E-state index is 13.6. The molecule has 3 aromatic rings. The van der Waals surface area contributed by atoms with Crippen molar-refractivity contribution in [1.82, 2.24) is 4.98 Å². The zero-order valence-corrected chi connectivity index (χ0v) is 21.0. The van der Waals surface area contributed by atoms with Crippen LogP contribution in [0.5, 0.6) is 0 Å². The number of nitrogens with zero attached hydrogens (tertiary/aromatic N) is 2. The van der Waals surface area contributed by atoms with Crippen molar-refractivity contribution in [3.63, 3.8) is 0 Å². The van der Waals surface area contributed by atoms with Crippen LogP contribution < -0.4 is 10.6 Å². The second kappa shape index (κ2) is 10.9. The Morgan fingerprint density at radius 2 is 1.83 bits per heavy atom. The summed E-state index contributed by atoms with van der Waals surface area (Å²) in [4.78, 5) is 19.9. The van der Waals surface area contributed by atoms with Gasteiger partial charge in [-0.15, -0.1) is 0 Å². The van der Waals surface area contributed by atoms with Gasteiger partial charge in [0.25, 0.3) is 0 Å². The maximum atomic E-state index is 13.6. The van der Waals surface area contributed by atoms with Crippen LogP contribution in [0.3, 0.4) is 0 Å². The first-order valence-electron chi connectivity index (χ1n) is 12.9. The van der Waals surface area contributed by atoms with Gasteiger partial charge in [0.15, 0.2) is 0 Å². The number of pyridine rings is 1. The molecule has 0 unspecified atom stereocenters. The van der Waals surface area contributed by atoms with Crippen molar-refractivity contribution >= 4 is 11.6 Å². The van der Waals surface area contributed by atoms with Gasteiger partial charge in [-0.2, -0.15) is 0 Å². The van der Waals surface area contributed by atoms with E-state index >= 15 is 0 Å². The Kier molecular flexibility index (Phi) is 7.46. The molecule has 1 aliphatic heterocycles. The van der Waals surface area contributed by atoms with Crippen LogP contribution in [0.25, 0.3) is 11.1 Å². The molecule has 188 valence electrons. The highest BCUT2D eigenvalue weighted by Crippen LogP contribution is 2.48. The molecule has 0 bridgehead atoms. The Labute approximate surface area is 213 Å². The molecule has 6 heteroatoms. The molecular weight excluding hydrogens is 450 g/mol. The van der Waals surface area contributed by atoms with Crippen molar-refractivity contribution in [2.24, 2.45) is 11.7 Å². The molecule has 1 saturated heterocycles. The molecule has 1 aromatic heterocycles. The van der Waals surface area contributed by atoms with E-state index in [1.807, 2.05) is 42.2 Å². The molecule has 1 aliphatic carbocycles. The number of hydrogen-bond donors (Lipinski definition) is 1. The molecule has 0 radical (unpaired) electrons. The molecule has 5 atom stereocenters. The van der Waals surface area contributed by atoms with Crippen molar-refractivity contribution in [1.29, 1.82) is 0 Å². The third-order valence-corrected chi connectivity index (χ3v) is 7.53. The van der Waals surface area contributed by atoms with E-state index in [2.05, 4.69) is 41.4 Å². The third-order valence-electron chi connectivity index (χ3n) is 7.53. The number of rotatable bonds is 9. The second-order valence-corrected chi connectivity index (χ2v) is 9.93.